The number of rotatable bonds is 3. The second-order valence-corrected chi connectivity index (χ2v) is 5.26. The molecule has 2 N–H and O–H groups in total. The summed E-state index contributed by atoms with van der Waals surface area (Å²) in [5, 5.41) is 13.7. The number of aromatic nitrogens is 4. The Hall–Kier alpha value is -2.38. The van der Waals surface area contributed by atoms with Crippen LogP contribution >= 0.6 is 23.2 Å². The van der Waals surface area contributed by atoms with Crippen molar-refractivity contribution in [2.75, 3.05) is 5.32 Å². The Bertz CT molecular complexity index is 843. The molecule has 0 aliphatic heterocycles. The van der Waals surface area contributed by atoms with Crippen LogP contribution in [0.25, 0.3) is 11.4 Å². The molecule has 0 saturated carbocycles. The zero-order chi connectivity index (χ0) is 15.7. The average molecular weight is 338 g/mol. The van der Waals surface area contributed by atoms with E-state index < -0.39 is 5.91 Å². The topological polar surface area (TPSA) is 96.7 Å². The first kappa shape index (κ1) is 14.6. The molecule has 0 radical (unpaired) electrons. The van der Waals surface area contributed by atoms with Crippen molar-refractivity contribution in [1.29, 1.82) is 0 Å². The number of nitrogens with zero attached hydrogens (tertiary/aromatic N) is 3. The molecule has 0 spiro atoms. The molecule has 1 aromatic carbocycles. The third kappa shape index (κ3) is 2.95. The Morgan fingerprint density at radius 1 is 1.32 bits per heavy atom. The number of hydrogen-bond donors (Lipinski definition) is 2. The third-order valence-corrected chi connectivity index (χ3v) is 3.30. The van der Waals surface area contributed by atoms with Gasteiger partial charge in [0.15, 0.2) is 5.82 Å². The van der Waals surface area contributed by atoms with Crippen molar-refractivity contribution in [1.82, 2.24) is 20.3 Å². The lowest BCUT2D eigenvalue weighted by Crippen LogP contribution is -2.12. The molecule has 2 heterocycles. The molecule has 0 atom stereocenters. The van der Waals surface area contributed by atoms with Crippen LogP contribution in [0.3, 0.4) is 0 Å². The van der Waals surface area contributed by atoms with E-state index in [0.717, 1.165) is 0 Å². The highest BCUT2D eigenvalue weighted by molar-refractivity contribution is 6.36. The molecule has 0 aliphatic rings. The van der Waals surface area contributed by atoms with Gasteiger partial charge in [-0.2, -0.15) is 4.98 Å². The van der Waals surface area contributed by atoms with E-state index in [0.29, 0.717) is 27.1 Å². The Kier molecular flexibility index (Phi) is 3.82. The van der Waals surface area contributed by atoms with Gasteiger partial charge in [-0.25, -0.2) is 0 Å². The number of carbonyl (C=O) groups is 1. The van der Waals surface area contributed by atoms with Crippen molar-refractivity contribution in [2.45, 2.75) is 6.92 Å². The molecule has 22 heavy (non-hydrogen) atoms. The molecular weight excluding hydrogens is 329 g/mol. The molecule has 0 saturated heterocycles. The van der Waals surface area contributed by atoms with Crippen LogP contribution in [0.4, 0.5) is 5.95 Å². The predicted molar refractivity (Wildman–Crippen MR) is 81.0 cm³/mol. The zero-order valence-electron chi connectivity index (χ0n) is 11.2. The summed E-state index contributed by atoms with van der Waals surface area (Å²) in [4.78, 5) is 16.1. The fourth-order valence-corrected chi connectivity index (χ4v) is 2.25. The highest BCUT2D eigenvalue weighted by Crippen LogP contribution is 2.28. The molecule has 7 nitrogen and oxygen atoms in total. The normalized spacial score (nSPS) is 10.7. The van der Waals surface area contributed by atoms with Gasteiger partial charge < -0.3 is 4.52 Å². The first-order chi connectivity index (χ1) is 10.5. The second kappa shape index (κ2) is 5.78. The van der Waals surface area contributed by atoms with Gasteiger partial charge in [0.05, 0.1) is 10.7 Å². The number of amides is 1. The molecule has 3 aromatic rings. The second-order valence-electron chi connectivity index (χ2n) is 4.42. The third-order valence-electron chi connectivity index (χ3n) is 2.75. The van der Waals surface area contributed by atoms with Crippen LogP contribution in [0.1, 0.15) is 16.2 Å². The van der Waals surface area contributed by atoms with Crippen LogP contribution in [0.5, 0.6) is 0 Å². The molecular formula is C13H9Cl2N5O2. The predicted octanol–water partition coefficient (Wildman–Crippen LogP) is 3.33. The molecule has 112 valence electrons. The Labute approximate surface area is 134 Å². The van der Waals surface area contributed by atoms with Gasteiger partial charge in [-0.05, 0) is 25.1 Å². The van der Waals surface area contributed by atoms with Crippen LogP contribution in [0.15, 0.2) is 28.8 Å². The fraction of sp³-hybridized carbons (Fsp3) is 0.0769. The lowest BCUT2D eigenvalue weighted by atomic mass is 10.2. The minimum atomic E-state index is -0.492. The van der Waals surface area contributed by atoms with Gasteiger partial charge >= 0.3 is 0 Å². The van der Waals surface area contributed by atoms with Gasteiger partial charge in [0.1, 0.15) is 0 Å². The maximum Gasteiger partial charge on any atom is 0.296 e. The van der Waals surface area contributed by atoms with Crippen LogP contribution in [0.2, 0.25) is 10.0 Å². The van der Waals surface area contributed by atoms with E-state index in [-0.39, 0.29) is 11.7 Å². The number of hydrogen-bond acceptors (Lipinski definition) is 5. The highest BCUT2D eigenvalue weighted by Gasteiger charge is 2.15. The number of nitrogens with one attached hydrogen (secondary N) is 2. The minimum absolute atomic E-state index is 0.0772. The number of halogens is 2. The number of anilines is 1. The van der Waals surface area contributed by atoms with Crippen molar-refractivity contribution in [3.8, 4) is 11.4 Å². The summed E-state index contributed by atoms with van der Waals surface area (Å²) in [5.74, 6) is 0.0903. The van der Waals surface area contributed by atoms with Gasteiger partial charge in [-0.15, -0.1) is 5.10 Å². The van der Waals surface area contributed by atoms with E-state index in [1.54, 1.807) is 25.1 Å². The van der Waals surface area contributed by atoms with Crippen LogP contribution in [-0.4, -0.2) is 26.2 Å². The largest absolute Gasteiger partial charge is 0.351 e. The van der Waals surface area contributed by atoms with Gasteiger partial charge in [-0.3, -0.25) is 15.2 Å². The van der Waals surface area contributed by atoms with Crippen molar-refractivity contribution in [2.24, 2.45) is 0 Å². The number of carbonyl (C=O) groups excluding carboxylic acids is 1. The summed E-state index contributed by atoms with van der Waals surface area (Å²) in [7, 11) is 0. The van der Waals surface area contributed by atoms with Crippen LogP contribution < -0.4 is 5.32 Å². The summed E-state index contributed by atoms with van der Waals surface area (Å²) < 4.78 is 4.86. The highest BCUT2D eigenvalue weighted by atomic mass is 35.5. The summed E-state index contributed by atoms with van der Waals surface area (Å²) in [6.45, 7) is 1.72. The van der Waals surface area contributed by atoms with Crippen molar-refractivity contribution in [3.63, 3.8) is 0 Å². The molecule has 0 aliphatic carbocycles. The maximum absolute atomic E-state index is 11.9. The summed E-state index contributed by atoms with van der Waals surface area (Å²) in [5.41, 5.74) is 1.23. The summed E-state index contributed by atoms with van der Waals surface area (Å²) >= 11 is 11.9. The number of H-pyrrole nitrogens is 1. The molecule has 9 heteroatoms. The maximum atomic E-state index is 11.9. The smallest absolute Gasteiger partial charge is 0.296 e. The number of aromatic amines is 1. The van der Waals surface area contributed by atoms with E-state index in [2.05, 4.69) is 25.7 Å². The lowest BCUT2D eigenvalue weighted by Gasteiger charge is -2.00. The monoisotopic (exact) mass is 337 g/mol. The van der Waals surface area contributed by atoms with Gasteiger partial charge in [-0.1, -0.05) is 28.4 Å². The molecule has 3 rings (SSSR count). The average Bonchev–Trinajstić information content (AvgIpc) is 3.08. The van der Waals surface area contributed by atoms with Crippen molar-refractivity contribution in [3.05, 3.63) is 45.8 Å². The molecule has 1 amide bonds. The van der Waals surface area contributed by atoms with E-state index >= 15 is 0 Å². The van der Waals surface area contributed by atoms with Gasteiger partial charge in [0.2, 0.25) is 11.7 Å². The summed E-state index contributed by atoms with van der Waals surface area (Å²) in [6, 6.07) is 6.49. The molecule has 0 unspecified atom stereocenters. The Morgan fingerprint density at radius 2 is 2.14 bits per heavy atom. The van der Waals surface area contributed by atoms with Crippen LogP contribution in [-0.2, 0) is 0 Å². The Morgan fingerprint density at radius 3 is 2.82 bits per heavy atom. The van der Waals surface area contributed by atoms with Crippen molar-refractivity contribution >= 4 is 35.1 Å². The lowest BCUT2D eigenvalue weighted by molar-refractivity contribution is 0.0987. The minimum Gasteiger partial charge on any atom is -0.351 e. The zero-order valence-corrected chi connectivity index (χ0v) is 12.7. The number of aryl methyl sites for hydroxylation is 1. The van der Waals surface area contributed by atoms with Crippen molar-refractivity contribution < 1.29 is 9.32 Å². The number of benzene rings is 1. The first-order valence-corrected chi connectivity index (χ1v) is 6.91. The standard InChI is InChI=1S/C13H9Cl2N5O2/c1-6-4-10(22-20-6)12(21)17-13-16-11(18-19-13)8-3-2-7(14)5-9(8)15/h2-5H,1H3,(H2,16,17,18,19,21). The van der Waals surface area contributed by atoms with E-state index in [1.165, 1.54) is 6.07 Å². The first-order valence-electron chi connectivity index (χ1n) is 6.15. The van der Waals surface area contributed by atoms with Gasteiger partial charge in [0, 0.05) is 16.7 Å². The quantitative estimate of drug-likeness (QED) is 0.763. The molecule has 0 fully saturated rings. The summed E-state index contributed by atoms with van der Waals surface area (Å²) in [6.07, 6.45) is 0. The SMILES string of the molecule is Cc1cc(C(=O)Nc2n[nH]c(-c3ccc(Cl)cc3Cl)n2)on1. The molecule has 2 aromatic heterocycles. The fourth-order valence-electron chi connectivity index (χ4n) is 1.75. The van der Waals surface area contributed by atoms with E-state index in [1.807, 2.05) is 0 Å². The van der Waals surface area contributed by atoms with E-state index in [4.69, 9.17) is 27.7 Å². The van der Waals surface area contributed by atoms with Crippen LogP contribution in [0, 0.1) is 6.92 Å². The van der Waals surface area contributed by atoms with Gasteiger partial charge in [0.25, 0.3) is 5.91 Å². The molecule has 0 bridgehead atoms. The Balaban J connectivity index is 1.80. The van der Waals surface area contributed by atoms with E-state index in [9.17, 15) is 4.79 Å².